The first-order valence-corrected chi connectivity index (χ1v) is 6.26. The van der Waals surface area contributed by atoms with Gasteiger partial charge in [-0.2, -0.15) is 0 Å². The fourth-order valence-corrected chi connectivity index (χ4v) is 2.27. The second-order valence-corrected chi connectivity index (χ2v) is 5.20. The van der Waals surface area contributed by atoms with Crippen LogP contribution in [-0.2, 0) is 9.53 Å². The van der Waals surface area contributed by atoms with Crippen LogP contribution in [0.3, 0.4) is 0 Å². The molecule has 86 valence electrons. The number of esters is 1. The smallest absolute Gasteiger partial charge is 0.313 e. The third-order valence-corrected chi connectivity index (χ3v) is 3.98. The van der Waals surface area contributed by atoms with Gasteiger partial charge in [-0.05, 0) is 42.9 Å². The van der Waals surface area contributed by atoms with Gasteiger partial charge in [0.25, 0.3) is 0 Å². The lowest BCUT2D eigenvalue weighted by molar-refractivity contribution is -0.143. The van der Waals surface area contributed by atoms with Crippen molar-refractivity contribution < 1.29 is 9.53 Å². The van der Waals surface area contributed by atoms with Gasteiger partial charge in [0, 0.05) is 4.47 Å². The zero-order valence-corrected chi connectivity index (χ0v) is 11.1. The zero-order chi connectivity index (χ0) is 11.7. The summed E-state index contributed by atoms with van der Waals surface area (Å²) in [5.74, 6) is 0.300. The van der Waals surface area contributed by atoms with Crippen LogP contribution in [0.2, 0.25) is 0 Å². The lowest BCUT2D eigenvalue weighted by atomic mass is 9.93. The molecule has 0 aromatic heterocycles. The number of carbonyl (C=O) groups excluding carboxylic acids is 1. The van der Waals surface area contributed by atoms with Crippen LogP contribution in [0.25, 0.3) is 0 Å². The van der Waals surface area contributed by atoms with Crippen molar-refractivity contribution in [3.05, 3.63) is 33.8 Å². The Morgan fingerprint density at radius 1 is 1.50 bits per heavy atom. The Kier molecular flexibility index (Phi) is 3.33. The number of hydrogen-bond donors (Lipinski definition) is 0. The van der Waals surface area contributed by atoms with Gasteiger partial charge in [0.2, 0.25) is 0 Å². The van der Waals surface area contributed by atoms with Gasteiger partial charge in [0.05, 0.1) is 13.0 Å². The van der Waals surface area contributed by atoms with E-state index in [4.69, 9.17) is 4.74 Å². The fourth-order valence-electron chi connectivity index (χ4n) is 2.02. The monoisotopic (exact) mass is 282 g/mol. The standard InChI is InChI=1S/C13H15BrO2/c1-8-7-10(5-6-11(8)14)12(9-3-4-9)13(15)16-2/h5-7,9,12H,3-4H2,1-2H3. The molecule has 1 atom stereocenters. The predicted molar refractivity (Wildman–Crippen MR) is 66.4 cm³/mol. The molecule has 0 heterocycles. The van der Waals surface area contributed by atoms with E-state index in [1.165, 1.54) is 7.11 Å². The van der Waals surface area contributed by atoms with E-state index in [1.807, 2.05) is 19.1 Å². The van der Waals surface area contributed by atoms with Crippen molar-refractivity contribution in [2.45, 2.75) is 25.7 Å². The summed E-state index contributed by atoms with van der Waals surface area (Å²) in [5, 5.41) is 0. The Labute approximate surface area is 104 Å². The minimum absolute atomic E-state index is 0.0724. The molecular weight excluding hydrogens is 268 g/mol. The Bertz CT molecular complexity index is 410. The molecular formula is C13H15BrO2. The lowest BCUT2D eigenvalue weighted by Gasteiger charge is -2.15. The molecule has 1 aromatic carbocycles. The van der Waals surface area contributed by atoms with Crippen molar-refractivity contribution >= 4 is 21.9 Å². The Morgan fingerprint density at radius 3 is 2.69 bits per heavy atom. The third-order valence-electron chi connectivity index (χ3n) is 3.09. The first-order valence-electron chi connectivity index (χ1n) is 5.47. The molecule has 0 N–H and O–H groups in total. The second-order valence-electron chi connectivity index (χ2n) is 4.35. The highest BCUT2D eigenvalue weighted by molar-refractivity contribution is 9.10. The fraction of sp³-hybridized carbons (Fsp3) is 0.462. The van der Waals surface area contributed by atoms with Crippen molar-refractivity contribution in [1.82, 2.24) is 0 Å². The molecule has 1 aliphatic rings. The summed E-state index contributed by atoms with van der Waals surface area (Å²) < 4.78 is 5.97. The molecule has 2 nitrogen and oxygen atoms in total. The number of halogens is 1. The van der Waals surface area contributed by atoms with Crippen LogP contribution < -0.4 is 0 Å². The van der Waals surface area contributed by atoms with Crippen LogP contribution >= 0.6 is 15.9 Å². The maximum atomic E-state index is 11.8. The number of methoxy groups -OCH3 is 1. The molecule has 1 fully saturated rings. The molecule has 0 bridgehead atoms. The first-order chi connectivity index (χ1) is 7.63. The first kappa shape index (κ1) is 11.6. The van der Waals surface area contributed by atoms with Gasteiger partial charge in [-0.1, -0.05) is 28.1 Å². The topological polar surface area (TPSA) is 26.3 Å². The minimum atomic E-state index is -0.107. The lowest BCUT2D eigenvalue weighted by Crippen LogP contribution is -2.16. The molecule has 0 spiro atoms. The summed E-state index contributed by atoms with van der Waals surface area (Å²) in [6.07, 6.45) is 2.27. The van der Waals surface area contributed by atoms with Gasteiger partial charge in [-0.15, -0.1) is 0 Å². The average molecular weight is 283 g/mol. The highest BCUT2D eigenvalue weighted by Crippen LogP contribution is 2.43. The normalized spacial score (nSPS) is 16.9. The molecule has 1 aromatic rings. The van der Waals surface area contributed by atoms with Gasteiger partial charge < -0.3 is 4.74 Å². The Hall–Kier alpha value is -0.830. The maximum Gasteiger partial charge on any atom is 0.313 e. The zero-order valence-electron chi connectivity index (χ0n) is 9.50. The highest BCUT2D eigenvalue weighted by Gasteiger charge is 2.38. The summed E-state index contributed by atoms with van der Waals surface area (Å²) in [6, 6.07) is 6.09. The van der Waals surface area contributed by atoms with Crippen LogP contribution in [-0.4, -0.2) is 13.1 Å². The average Bonchev–Trinajstić information content (AvgIpc) is 3.07. The molecule has 1 saturated carbocycles. The van der Waals surface area contributed by atoms with E-state index >= 15 is 0 Å². The van der Waals surface area contributed by atoms with Crippen molar-refractivity contribution in [3.8, 4) is 0 Å². The minimum Gasteiger partial charge on any atom is -0.469 e. The summed E-state index contributed by atoms with van der Waals surface area (Å²) in [4.78, 5) is 11.8. The molecule has 0 amide bonds. The van der Waals surface area contributed by atoms with Crippen LogP contribution in [0.4, 0.5) is 0 Å². The van der Waals surface area contributed by atoms with Crippen LogP contribution in [0.15, 0.2) is 22.7 Å². The van der Waals surface area contributed by atoms with Crippen molar-refractivity contribution in [1.29, 1.82) is 0 Å². The summed E-state index contributed by atoms with van der Waals surface area (Å²) in [7, 11) is 1.46. The van der Waals surface area contributed by atoms with Crippen molar-refractivity contribution in [3.63, 3.8) is 0 Å². The van der Waals surface area contributed by atoms with Crippen molar-refractivity contribution in [2.24, 2.45) is 5.92 Å². The Morgan fingerprint density at radius 2 is 2.19 bits per heavy atom. The molecule has 16 heavy (non-hydrogen) atoms. The van der Waals surface area contributed by atoms with Gasteiger partial charge >= 0.3 is 5.97 Å². The van der Waals surface area contributed by atoms with Crippen molar-refractivity contribution in [2.75, 3.05) is 7.11 Å². The van der Waals surface area contributed by atoms with E-state index in [1.54, 1.807) is 0 Å². The van der Waals surface area contributed by atoms with Gasteiger partial charge in [-0.25, -0.2) is 0 Å². The summed E-state index contributed by atoms with van der Waals surface area (Å²) >= 11 is 3.47. The SMILES string of the molecule is COC(=O)C(c1ccc(Br)c(C)c1)C1CC1. The van der Waals surface area contributed by atoms with E-state index in [2.05, 4.69) is 22.0 Å². The van der Waals surface area contributed by atoms with E-state index in [0.29, 0.717) is 5.92 Å². The molecule has 1 aliphatic carbocycles. The molecule has 0 radical (unpaired) electrons. The van der Waals surface area contributed by atoms with E-state index < -0.39 is 0 Å². The Balaban J connectivity index is 2.31. The molecule has 1 unspecified atom stereocenters. The molecule has 0 aliphatic heterocycles. The largest absolute Gasteiger partial charge is 0.469 e. The van der Waals surface area contributed by atoms with Crippen LogP contribution in [0.5, 0.6) is 0 Å². The van der Waals surface area contributed by atoms with Crippen LogP contribution in [0.1, 0.15) is 29.9 Å². The summed E-state index contributed by atoms with van der Waals surface area (Å²) in [5.41, 5.74) is 2.24. The number of rotatable bonds is 3. The number of hydrogen-bond acceptors (Lipinski definition) is 2. The van der Waals surface area contributed by atoms with Gasteiger partial charge in [-0.3, -0.25) is 4.79 Å². The quantitative estimate of drug-likeness (QED) is 0.794. The number of aryl methyl sites for hydroxylation is 1. The van der Waals surface area contributed by atoms with Gasteiger partial charge in [0.15, 0.2) is 0 Å². The van der Waals surface area contributed by atoms with Crippen LogP contribution in [0, 0.1) is 12.8 Å². The highest BCUT2D eigenvalue weighted by atomic mass is 79.9. The molecule has 3 heteroatoms. The van der Waals surface area contributed by atoms with Gasteiger partial charge in [0.1, 0.15) is 0 Å². The number of carbonyl (C=O) groups is 1. The second kappa shape index (κ2) is 4.58. The molecule has 0 saturated heterocycles. The van der Waals surface area contributed by atoms with E-state index in [-0.39, 0.29) is 11.9 Å². The molecule has 2 rings (SSSR count). The summed E-state index contributed by atoms with van der Waals surface area (Å²) in [6.45, 7) is 2.04. The number of ether oxygens (including phenoxy) is 1. The predicted octanol–water partition coefficient (Wildman–Crippen LogP) is 3.42. The maximum absolute atomic E-state index is 11.8. The van der Waals surface area contributed by atoms with E-state index in [9.17, 15) is 4.79 Å². The van der Waals surface area contributed by atoms with E-state index in [0.717, 1.165) is 28.4 Å². The third kappa shape index (κ3) is 2.29. The number of benzene rings is 1.